The van der Waals surface area contributed by atoms with E-state index >= 15 is 0 Å². The number of esters is 1. The van der Waals surface area contributed by atoms with Gasteiger partial charge in [0.1, 0.15) is 11.8 Å². The maximum absolute atomic E-state index is 12.1. The molecule has 8 nitrogen and oxygen atoms in total. The van der Waals surface area contributed by atoms with Crippen molar-refractivity contribution >= 4 is 23.3 Å². The van der Waals surface area contributed by atoms with Crippen molar-refractivity contribution in [2.75, 3.05) is 25.3 Å². The van der Waals surface area contributed by atoms with Gasteiger partial charge in [0.15, 0.2) is 5.69 Å². The number of benzene rings is 1. The number of nitrogens with two attached hydrogens (primary N) is 1. The van der Waals surface area contributed by atoms with Crippen LogP contribution in [0, 0.1) is 11.3 Å². The molecule has 1 heterocycles. The highest BCUT2D eigenvalue weighted by atomic mass is 16.5. The molecule has 1 aromatic heterocycles. The molecule has 0 spiro atoms. The van der Waals surface area contributed by atoms with Gasteiger partial charge in [-0.25, -0.2) is 4.79 Å². The molecule has 3 N–H and O–H groups in total. The molecule has 0 aliphatic carbocycles. The van der Waals surface area contributed by atoms with Crippen LogP contribution in [-0.4, -0.2) is 30.7 Å². The standard InChI is InChI=1S/C17H18N4O4/c1-4-14(22)20-12-7-11(5-6-13(12)24-2)21-9-10(8-18)15(19)16(21)17(23)25-3/h5-7,9H,4,19H2,1-3H3,(H,20,22). The first-order chi connectivity index (χ1) is 12.0. The Morgan fingerprint density at radius 1 is 1.36 bits per heavy atom. The number of nitrogen functional groups attached to an aromatic ring is 1. The molecule has 130 valence electrons. The fraction of sp³-hybridized carbons (Fsp3) is 0.235. The minimum Gasteiger partial charge on any atom is -0.495 e. The van der Waals surface area contributed by atoms with Gasteiger partial charge in [-0.1, -0.05) is 6.92 Å². The van der Waals surface area contributed by atoms with E-state index < -0.39 is 5.97 Å². The van der Waals surface area contributed by atoms with Crippen molar-refractivity contribution in [1.82, 2.24) is 4.57 Å². The van der Waals surface area contributed by atoms with Crippen molar-refractivity contribution in [1.29, 1.82) is 5.26 Å². The number of rotatable bonds is 5. The molecule has 0 saturated heterocycles. The first-order valence-electron chi connectivity index (χ1n) is 7.44. The number of ether oxygens (including phenoxy) is 2. The predicted molar refractivity (Wildman–Crippen MR) is 91.7 cm³/mol. The highest BCUT2D eigenvalue weighted by Gasteiger charge is 2.22. The summed E-state index contributed by atoms with van der Waals surface area (Å²) >= 11 is 0. The molecule has 8 heteroatoms. The first-order valence-corrected chi connectivity index (χ1v) is 7.44. The fourth-order valence-electron chi connectivity index (χ4n) is 2.30. The van der Waals surface area contributed by atoms with Crippen molar-refractivity contribution in [3.63, 3.8) is 0 Å². The second kappa shape index (κ2) is 7.40. The Labute approximate surface area is 144 Å². The van der Waals surface area contributed by atoms with E-state index in [0.29, 0.717) is 23.5 Å². The lowest BCUT2D eigenvalue weighted by Gasteiger charge is -2.14. The largest absolute Gasteiger partial charge is 0.495 e. The number of amides is 1. The van der Waals surface area contributed by atoms with E-state index in [4.69, 9.17) is 15.2 Å². The number of nitriles is 1. The average Bonchev–Trinajstić information content (AvgIpc) is 2.97. The number of nitrogens with zero attached hydrogens (tertiary/aromatic N) is 2. The highest BCUT2D eigenvalue weighted by Crippen LogP contribution is 2.30. The SMILES string of the molecule is CCC(=O)Nc1cc(-n2cc(C#N)c(N)c2C(=O)OC)ccc1OC. The van der Waals surface area contributed by atoms with Crippen LogP contribution in [0.15, 0.2) is 24.4 Å². The number of carbonyl (C=O) groups excluding carboxylic acids is 2. The lowest BCUT2D eigenvalue weighted by molar-refractivity contribution is -0.115. The van der Waals surface area contributed by atoms with Crippen LogP contribution in [-0.2, 0) is 9.53 Å². The zero-order valence-electron chi connectivity index (χ0n) is 14.1. The molecule has 1 amide bonds. The Bertz CT molecular complexity index is 864. The van der Waals surface area contributed by atoms with E-state index in [1.165, 1.54) is 25.0 Å². The van der Waals surface area contributed by atoms with Crippen LogP contribution in [0.2, 0.25) is 0 Å². The van der Waals surface area contributed by atoms with Crippen molar-refractivity contribution in [3.05, 3.63) is 35.7 Å². The summed E-state index contributed by atoms with van der Waals surface area (Å²) in [5, 5.41) is 11.9. The minimum absolute atomic E-state index is 0.0318. The molecule has 0 aliphatic heterocycles. The lowest BCUT2D eigenvalue weighted by Crippen LogP contribution is -2.13. The third-order valence-electron chi connectivity index (χ3n) is 3.60. The lowest BCUT2D eigenvalue weighted by atomic mass is 10.2. The van der Waals surface area contributed by atoms with Crippen LogP contribution in [0.25, 0.3) is 5.69 Å². The molecule has 25 heavy (non-hydrogen) atoms. The zero-order valence-corrected chi connectivity index (χ0v) is 14.1. The van der Waals surface area contributed by atoms with Gasteiger partial charge in [0.2, 0.25) is 5.91 Å². The average molecular weight is 342 g/mol. The van der Waals surface area contributed by atoms with Crippen LogP contribution >= 0.6 is 0 Å². The fourth-order valence-corrected chi connectivity index (χ4v) is 2.30. The van der Waals surface area contributed by atoms with E-state index in [0.717, 1.165) is 0 Å². The summed E-state index contributed by atoms with van der Waals surface area (Å²) in [5.74, 6) is -0.395. The molecular formula is C17H18N4O4. The monoisotopic (exact) mass is 342 g/mol. The molecule has 1 aromatic carbocycles. The highest BCUT2D eigenvalue weighted by molar-refractivity contribution is 5.96. The quantitative estimate of drug-likeness (QED) is 0.803. The van der Waals surface area contributed by atoms with Gasteiger partial charge in [0, 0.05) is 18.3 Å². The van der Waals surface area contributed by atoms with Gasteiger partial charge in [-0.2, -0.15) is 5.26 Å². The maximum atomic E-state index is 12.1. The van der Waals surface area contributed by atoms with Crippen LogP contribution in [0.1, 0.15) is 29.4 Å². The van der Waals surface area contributed by atoms with Gasteiger partial charge in [0.05, 0.1) is 31.2 Å². The van der Waals surface area contributed by atoms with Gasteiger partial charge in [-0.05, 0) is 18.2 Å². The summed E-state index contributed by atoms with van der Waals surface area (Å²) < 4.78 is 11.4. The Hall–Kier alpha value is -3.47. The van der Waals surface area contributed by atoms with Gasteiger partial charge in [-0.15, -0.1) is 0 Å². The summed E-state index contributed by atoms with van der Waals surface area (Å²) in [7, 11) is 2.71. The molecule has 0 bridgehead atoms. The van der Waals surface area contributed by atoms with Crippen LogP contribution in [0.4, 0.5) is 11.4 Å². The van der Waals surface area contributed by atoms with Crippen molar-refractivity contribution in [3.8, 4) is 17.5 Å². The minimum atomic E-state index is -0.672. The molecule has 0 atom stereocenters. The molecule has 0 aliphatic rings. The van der Waals surface area contributed by atoms with Gasteiger partial charge < -0.3 is 25.1 Å². The van der Waals surface area contributed by atoms with Gasteiger partial charge in [0.25, 0.3) is 0 Å². The number of anilines is 2. The third-order valence-corrected chi connectivity index (χ3v) is 3.60. The molecule has 0 unspecified atom stereocenters. The Balaban J connectivity index is 2.62. The maximum Gasteiger partial charge on any atom is 0.357 e. The summed E-state index contributed by atoms with van der Waals surface area (Å²) in [5.41, 5.74) is 7.06. The Kier molecular flexibility index (Phi) is 5.29. The van der Waals surface area contributed by atoms with Crippen LogP contribution in [0.3, 0.4) is 0 Å². The molecular weight excluding hydrogens is 324 g/mol. The zero-order chi connectivity index (χ0) is 18.6. The van der Waals surface area contributed by atoms with Crippen molar-refractivity contribution in [2.24, 2.45) is 0 Å². The summed E-state index contributed by atoms with van der Waals surface area (Å²) in [6.45, 7) is 1.73. The van der Waals surface area contributed by atoms with Crippen molar-refractivity contribution in [2.45, 2.75) is 13.3 Å². The smallest absolute Gasteiger partial charge is 0.357 e. The van der Waals surface area contributed by atoms with E-state index in [2.05, 4.69) is 5.32 Å². The topological polar surface area (TPSA) is 119 Å². The number of aromatic nitrogens is 1. The van der Waals surface area contributed by atoms with E-state index in [1.807, 2.05) is 6.07 Å². The molecule has 0 radical (unpaired) electrons. The normalized spacial score (nSPS) is 10.0. The molecule has 2 rings (SSSR count). The Morgan fingerprint density at radius 3 is 2.64 bits per heavy atom. The Morgan fingerprint density at radius 2 is 2.08 bits per heavy atom. The van der Waals surface area contributed by atoms with E-state index in [9.17, 15) is 14.9 Å². The number of carbonyl (C=O) groups is 2. The molecule has 0 fully saturated rings. The summed E-state index contributed by atoms with van der Waals surface area (Å²) in [4.78, 5) is 23.8. The van der Waals surface area contributed by atoms with Crippen molar-refractivity contribution < 1.29 is 19.1 Å². The second-order valence-corrected chi connectivity index (χ2v) is 5.06. The van der Waals surface area contributed by atoms with E-state index in [1.54, 1.807) is 25.1 Å². The van der Waals surface area contributed by atoms with E-state index in [-0.39, 0.29) is 22.9 Å². The van der Waals surface area contributed by atoms with Gasteiger partial charge >= 0.3 is 5.97 Å². The van der Waals surface area contributed by atoms with Gasteiger partial charge in [-0.3, -0.25) is 4.79 Å². The third kappa shape index (κ3) is 3.40. The number of methoxy groups -OCH3 is 2. The van der Waals surface area contributed by atoms with Crippen LogP contribution in [0.5, 0.6) is 5.75 Å². The molecule has 2 aromatic rings. The molecule has 0 saturated carbocycles. The summed E-state index contributed by atoms with van der Waals surface area (Å²) in [6, 6.07) is 6.88. The predicted octanol–water partition coefficient (Wildman–Crippen LogP) is 2.07. The summed E-state index contributed by atoms with van der Waals surface area (Å²) in [6.07, 6.45) is 1.74. The first kappa shape index (κ1) is 17.9. The second-order valence-electron chi connectivity index (χ2n) is 5.06. The van der Waals surface area contributed by atoms with Crippen LogP contribution < -0.4 is 15.8 Å². The number of nitrogens with one attached hydrogen (secondary N) is 1. The number of hydrogen-bond donors (Lipinski definition) is 2. The number of hydrogen-bond acceptors (Lipinski definition) is 6.